The van der Waals surface area contributed by atoms with E-state index in [0.29, 0.717) is 13.0 Å². The highest BCUT2D eigenvalue weighted by molar-refractivity contribution is 7.47. The Morgan fingerprint density at radius 3 is 1.13 bits per heavy atom. The second kappa shape index (κ2) is 47.8. The number of phosphoric ester groups is 1. The van der Waals surface area contributed by atoms with Crippen LogP contribution in [-0.2, 0) is 27.9 Å². The summed E-state index contributed by atoms with van der Waals surface area (Å²) in [6, 6.07) is 0. The van der Waals surface area contributed by atoms with Crippen molar-refractivity contribution in [2.24, 2.45) is 0 Å². The van der Waals surface area contributed by atoms with Crippen LogP contribution in [0.2, 0.25) is 0 Å². The van der Waals surface area contributed by atoms with Crippen LogP contribution in [0.25, 0.3) is 0 Å². The van der Waals surface area contributed by atoms with E-state index in [1.807, 2.05) is 0 Å². The van der Waals surface area contributed by atoms with Gasteiger partial charge < -0.3 is 39.9 Å². The Labute approximate surface area is 428 Å². The molecule has 6 unspecified atom stereocenters. The number of rotatable bonds is 52. The molecule has 0 amide bonds. The molecule has 12 nitrogen and oxygen atoms in total. The minimum absolute atomic E-state index is 0.0706. The van der Waals surface area contributed by atoms with E-state index in [4.69, 9.17) is 18.5 Å². The number of esters is 1. The molecule has 0 aromatic heterocycles. The molecule has 416 valence electrons. The molecule has 0 radical (unpaired) electrons. The number of ether oxygens (including phenoxy) is 2. The van der Waals surface area contributed by atoms with Crippen molar-refractivity contribution in [1.82, 2.24) is 0 Å². The van der Waals surface area contributed by atoms with Crippen LogP contribution in [0.15, 0.2) is 12.2 Å². The summed E-state index contributed by atoms with van der Waals surface area (Å²) in [5.41, 5.74) is 0. The van der Waals surface area contributed by atoms with E-state index in [0.717, 1.165) is 38.5 Å². The topological polar surface area (TPSA) is 192 Å². The first-order valence-corrected chi connectivity index (χ1v) is 31.0. The van der Waals surface area contributed by atoms with Crippen molar-refractivity contribution in [3.8, 4) is 0 Å². The Morgan fingerprint density at radius 2 is 0.757 bits per heavy atom. The first-order valence-electron chi connectivity index (χ1n) is 29.5. The van der Waals surface area contributed by atoms with Gasteiger partial charge in [-0.3, -0.25) is 13.8 Å². The van der Waals surface area contributed by atoms with Crippen LogP contribution >= 0.6 is 7.82 Å². The zero-order valence-corrected chi connectivity index (χ0v) is 46.0. The van der Waals surface area contributed by atoms with Gasteiger partial charge in [-0.2, -0.15) is 0 Å². The predicted octanol–water partition coefficient (Wildman–Crippen LogP) is 14.2. The normalized spacial score (nSPS) is 20.9. The molecule has 0 aromatic carbocycles. The van der Waals surface area contributed by atoms with Crippen LogP contribution in [0.4, 0.5) is 0 Å². The summed E-state index contributed by atoms with van der Waals surface area (Å²) < 4.78 is 34.4. The largest absolute Gasteiger partial charge is 0.472 e. The van der Waals surface area contributed by atoms with Gasteiger partial charge in [0.25, 0.3) is 0 Å². The third-order valence-corrected chi connectivity index (χ3v) is 15.1. The fourth-order valence-corrected chi connectivity index (χ4v) is 10.4. The number of phosphoric acid groups is 1. The van der Waals surface area contributed by atoms with Gasteiger partial charge in [0.1, 0.15) is 42.7 Å². The third kappa shape index (κ3) is 38.6. The maximum Gasteiger partial charge on any atom is 0.472 e. The molecule has 0 heterocycles. The fourth-order valence-electron chi connectivity index (χ4n) is 9.47. The quantitative estimate of drug-likeness (QED) is 0.0146. The molecule has 70 heavy (non-hydrogen) atoms. The average Bonchev–Trinajstić information content (AvgIpc) is 3.35. The van der Waals surface area contributed by atoms with E-state index in [-0.39, 0.29) is 13.0 Å². The lowest BCUT2D eigenvalue weighted by Crippen LogP contribution is -2.64. The van der Waals surface area contributed by atoms with E-state index in [2.05, 4.69) is 26.0 Å². The molecule has 0 spiro atoms. The van der Waals surface area contributed by atoms with Gasteiger partial charge in [-0.1, -0.05) is 251 Å². The number of hydrogen-bond acceptors (Lipinski definition) is 11. The van der Waals surface area contributed by atoms with Crippen molar-refractivity contribution in [2.75, 3.05) is 19.8 Å². The summed E-state index contributed by atoms with van der Waals surface area (Å²) in [6.07, 6.45) is 44.3. The zero-order chi connectivity index (χ0) is 51.2. The summed E-state index contributed by atoms with van der Waals surface area (Å²) in [5.74, 6) is -0.472. The molecular formula is C57H111O12P. The molecular weight excluding hydrogens is 908 g/mol. The van der Waals surface area contributed by atoms with Gasteiger partial charge in [0.05, 0.1) is 13.2 Å². The number of carbonyl (C=O) groups is 1. The highest BCUT2D eigenvalue weighted by Crippen LogP contribution is 2.47. The lowest BCUT2D eigenvalue weighted by Gasteiger charge is -2.41. The van der Waals surface area contributed by atoms with Gasteiger partial charge in [-0.25, -0.2) is 4.57 Å². The van der Waals surface area contributed by atoms with Gasteiger partial charge in [0.2, 0.25) is 0 Å². The molecule has 0 bridgehead atoms. The van der Waals surface area contributed by atoms with Crippen molar-refractivity contribution in [3.63, 3.8) is 0 Å². The van der Waals surface area contributed by atoms with E-state index < -0.39 is 63.1 Å². The molecule has 0 saturated heterocycles. The first kappa shape index (κ1) is 67.1. The minimum Gasteiger partial charge on any atom is -0.457 e. The highest BCUT2D eigenvalue weighted by atomic mass is 31.2. The second-order valence-electron chi connectivity index (χ2n) is 20.9. The molecule has 1 rings (SSSR count). The maximum absolute atomic E-state index is 12.9. The Bertz CT molecular complexity index is 1210. The van der Waals surface area contributed by atoms with E-state index >= 15 is 0 Å². The SMILES string of the molecule is CCCCCCCC/C=C\CCCCCCCCCCCC(=O)OC(COCCCCCCCCCCCCCCCCCCCCCCCCCC)COP(=O)(O)OC1C(O)C(O)C(O)C(O)C1O. The highest BCUT2D eigenvalue weighted by Gasteiger charge is 2.51. The van der Waals surface area contributed by atoms with Crippen molar-refractivity contribution >= 4 is 13.8 Å². The van der Waals surface area contributed by atoms with Crippen LogP contribution in [0.3, 0.4) is 0 Å². The van der Waals surface area contributed by atoms with Crippen LogP contribution in [-0.4, -0.2) is 98.9 Å². The van der Waals surface area contributed by atoms with Crippen LogP contribution < -0.4 is 0 Å². The molecule has 0 aliphatic heterocycles. The van der Waals surface area contributed by atoms with Gasteiger partial charge in [-0.05, 0) is 38.5 Å². The van der Waals surface area contributed by atoms with Gasteiger partial charge >= 0.3 is 13.8 Å². The van der Waals surface area contributed by atoms with Gasteiger partial charge in [0, 0.05) is 13.0 Å². The number of aliphatic hydroxyl groups is 5. The number of allylic oxidation sites excluding steroid dienone is 2. The Kier molecular flexibility index (Phi) is 45.8. The van der Waals surface area contributed by atoms with Gasteiger partial charge in [0.15, 0.2) is 0 Å². The van der Waals surface area contributed by atoms with E-state index in [1.54, 1.807) is 0 Å². The van der Waals surface area contributed by atoms with Crippen LogP contribution in [0.1, 0.15) is 284 Å². The number of unbranched alkanes of at least 4 members (excludes halogenated alkanes) is 38. The molecule has 1 aliphatic carbocycles. The van der Waals surface area contributed by atoms with E-state index in [1.165, 1.54) is 218 Å². The van der Waals surface area contributed by atoms with E-state index in [9.17, 15) is 39.8 Å². The summed E-state index contributed by atoms with van der Waals surface area (Å²) >= 11 is 0. The lowest BCUT2D eigenvalue weighted by molar-refractivity contribution is -0.220. The average molecular weight is 1020 g/mol. The Hall–Kier alpha value is -0.920. The fraction of sp³-hybridized carbons (Fsp3) is 0.947. The molecule has 6 atom stereocenters. The van der Waals surface area contributed by atoms with Crippen molar-refractivity contribution < 1.29 is 58.3 Å². The monoisotopic (exact) mass is 1020 g/mol. The number of hydrogen-bond donors (Lipinski definition) is 6. The Morgan fingerprint density at radius 1 is 0.443 bits per heavy atom. The Balaban J connectivity index is 2.25. The summed E-state index contributed by atoms with van der Waals surface area (Å²) in [4.78, 5) is 23.3. The lowest BCUT2D eigenvalue weighted by atomic mass is 9.85. The summed E-state index contributed by atoms with van der Waals surface area (Å²) in [7, 11) is -5.02. The number of aliphatic hydroxyl groups excluding tert-OH is 5. The molecule has 1 saturated carbocycles. The zero-order valence-electron chi connectivity index (χ0n) is 45.1. The molecule has 0 aromatic rings. The molecule has 1 fully saturated rings. The summed E-state index contributed by atoms with van der Waals surface area (Å²) in [6.45, 7) is 4.33. The standard InChI is InChI=1S/C57H111O12P/c1-3-5-7-9-11-13-15-17-19-21-23-24-25-26-27-29-31-33-35-37-39-41-43-45-47-66-48-50(49-67-70(64,65)69-57-55(62)53(60)52(59)54(61)56(57)63)68-51(58)46-44-42-40-38-36-34-32-30-28-22-20-18-16-14-12-10-8-6-4-2/h18,20,50,52-57,59-63H,3-17,19,21-49H2,1-2H3,(H,64,65)/b20-18-. The third-order valence-electron chi connectivity index (χ3n) is 14.1. The van der Waals surface area contributed by atoms with Crippen LogP contribution in [0, 0.1) is 0 Å². The first-order chi connectivity index (χ1) is 34.0. The second-order valence-corrected chi connectivity index (χ2v) is 22.3. The number of carbonyl (C=O) groups excluding carboxylic acids is 1. The smallest absolute Gasteiger partial charge is 0.457 e. The van der Waals surface area contributed by atoms with Crippen molar-refractivity contribution in [2.45, 2.75) is 326 Å². The predicted molar refractivity (Wildman–Crippen MR) is 286 cm³/mol. The van der Waals surface area contributed by atoms with Gasteiger partial charge in [-0.15, -0.1) is 0 Å². The van der Waals surface area contributed by atoms with Crippen molar-refractivity contribution in [1.29, 1.82) is 0 Å². The molecule has 13 heteroatoms. The minimum atomic E-state index is -5.02. The maximum atomic E-state index is 12.9. The molecule has 6 N–H and O–H groups in total. The van der Waals surface area contributed by atoms with Crippen LogP contribution in [0.5, 0.6) is 0 Å². The molecule has 1 aliphatic rings. The van der Waals surface area contributed by atoms with Crippen molar-refractivity contribution in [3.05, 3.63) is 12.2 Å². The summed E-state index contributed by atoms with van der Waals surface area (Å²) in [5, 5.41) is 50.4.